The molecule has 5 nitrogen and oxygen atoms in total. The summed E-state index contributed by atoms with van der Waals surface area (Å²) >= 11 is 5.69. The molecule has 0 saturated carbocycles. The van der Waals surface area contributed by atoms with Crippen molar-refractivity contribution in [2.24, 2.45) is 0 Å². The number of nitrogens with zero attached hydrogens (tertiary/aromatic N) is 3. The van der Waals surface area contributed by atoms with E-state index in [1.807, 2.05) is 0 Å². The Morgan fingerprint density at radius 3 is 2.87 bits per heavy atom. The molecule has 1 aliphatic heterocycles. The Bertz CT molecular complexity index is 390. The smallest absolute Gasteiger partial charge is 0.230 e. The molecule has 0 radical (unpaired) electrons. The molecule has 1 amide bonds. The van der Waals surface area contributed by atoms with Gasteiger partial charge in [0, 0.05) is 11.8 Å². The highest BCUT2D eigenvalue weighted by Crippen LogP contribution is 2.21. The molecule has 1 fully saturated rings. The number of hydrogen-bond donors (Lipinski definition) is 1. The van der Waals surface area contributed by atoms with Gasteiger partial charge in [-0.2, -0.15) is 0 Å². The molecule has 1 N–H and O–H groups in total. The van der Waals surface area contributed by atoms with E-state index in [1.54, 1.807) is 13.0 Å². The Hall–Kier alpha value is -1.20. The highest BCUT2D eigenvalue weighted by Gasteiger charge is 2.30. The summed E-state index contributed by atoms with van der Waals surface area (Å²) in [5.74, 6) is 0.311. The fourth-order valence-electron chi connectivity index (χ4n) is 1.56. The lowest BCUT2D eigenvalue weighted by atomic mass is 10.3. The van der Waals surface area contributed by atoms with Gasteiger partial charge in [0.15, 0.2) is 0 Å². The van der Waals surface area contributed by atoms with Gasteiger partial charge in [-0.05, 0) is 18.5 Å². The predicted octanol–water partition coefficient (Wildman–Crippen LogP) is 0.536. The van der Waals surface area contributed by atoms with E-state index in [-0.39, 0.29) is 24.2 Å². The molecule has 0 aromatic carbocycles. The van der Waals surface area contributed by atoms with Crippen LogP contribution in [-0.2, 0) is 4.79 Å². The summed E-state index contributed by atoms with van der Waals surface area (Å²) in [6, 6.07) is 1.67. The van der Waals surface area contributed by atoms with Gasteiger partial charge in [-0.1, -0.05) is 0 Å². The van der Waals surface area contributed by atoms with Crippen molar-refractivity contribution in [3.8, 4) is 0 Å². The zero-order valence-corrected chi connectivity index (χ0v) is 8.90. The zero-order valence-electron chi connectivity index (χ0n) is 8.14. The van der Waals surface area contributed by atoms with Crippen LogP contribution < -0.4 is 4.90 Å². The first-order chi connectivity index (χ1) is 7.06. The van der Waals surface area contributed by atoms with Crippen LogP contribution in [0.2, 0.25) is 5.28 Å². The second-order valence-electron chi connectivity index (χ2n) is 3.50. The van der Waals surface area contributed by atoms with Gasteiger partial charge in [0.25, 0.3) is 0 Å². The van der Waals surface area contributed by atoms with Crippen LogP contribution >= 0.6 is 11.6 Å². The normalized spacial score (nSPS) is 21.1. The third-order valence-electron chi connectivity index (χ3n) is 2.19. The molecule has 0 bridgehead atoms. The first kappa shape index (κ1) is 10.3. The van der Waals surface area contributed by atoms with E-state index in [4.69, 9.17) is 11.6 Å². The number of β-amino-alcohol motifs (C(OH)–C–C–N with tert-alkyl or cyclic N) is 1. The summed E-state index contributed by atoms with van der Waals surface area (Å²) in [5, 5.41) is 9.44. The zero-order chi connectivity index (χ0) is 11.0. The van der Waals surface area contributed by atoms with Crippen molar-refractivity contribution in [3.05, 3.63) is 17.0 Å². The molecule has 1 aliphatic rings. The number of rotatable bonds is 1. The number of anilines is 1. The summed E-state index contributed by atoms with van der Waals surface area (Å²) in [4.78, 5) is 20.7. The van der Waals surface area contributed by atoms with E-state index in [0.717, 1.165) is 0 Å². The molecule has 6 heteroatoms. The lowest BCUT2D eigenvalue weighted by Crippen LogP contribution is -2.26. The fraction of sp³-hybridized carbons (Fsp3) is 0.444. The molecular weight excluding hydrogens is 218 g/mol. The Morgan fingerprint density at radius 2 is 2.33 bits per heavy atom. The van der Waals surface area contributed by atoms with Crippen molar-refractivity contribution in [3.63, 3.8) is 0 Å². The molecule has 0 aliphatic carbocycles. The van der Waals surface area contributed by atoms with E-state index in [0.29, 0.717) is 11.5 Å². The summed E-state index contributed by atoms with van der Waals surface area (Å²) in [5.41, 5.74) is 0.694. The molecular formula is C9H10ClN3O2. The number of halogens is 1. The number of amides is 1. The maximum atomic E-state index is 11.5. The minimum absolute atomic E-state index is 0.110. The molecule has 1 unspecified atom stereocenters. The van der Waals surface area contributed by atoms with Crippen LogP contribution in [0, 0.1) is 6.92 Å². The van der Waals surface area contributed by atoms with Gasteiger partial charge in [-0.15, -0.1) is 0 Å². The lowest BCUT2D eigenvalue weighted by Gasteiger charge is -2.14. The van der Waals surface area contributed by atoms with Crippen LogP contribution in [0.15, 0.2) is 6.07 Å². The van der Waals surface area contributed by atoms with Crippen LogP contribution in [0.4, 0.5) is 5.82 Å². The highest BCUT2D eigenvalue weighted by molar-refractivity contribution is 6.28. The Balaban J connectivity index is 2.33. The third-order valence-corrected chi connectivity index (χ3v) is 2.36. The van der Waals surface area contributed by atoms with Crippen LogP contribution in [0.3, 0.4) is 0 Å². The highest BCUT2D eigenvalue weighted by atomic mass is 35.5. The molecule has 15 heavy (non-hydrogen) atoms. The molecule has 1 atom stereocenters. The maximum Gasteiger partial charge on any atom is 0.230 e. The van der Waals surface area contributed by atoms with Gasteiger partial charge in [0.2, 0.25) is 11.2 Å². The second kappa shape index (κ2) is 3.75. The SMILES string of the molecule is Cc1cc(N2CC(O)CC2=O)nc(Cl)n1. The first-order valence-corrected chi connectivity index (χ1v) is 4.93. The van der Waals surface area contributed by atoms with Gasteiger partial charge in [0.05, 0.1) is 19.1 Å². The molecule has 80 valence electrons. The average Bonchev–Trinajstić information content (AvgIpc) is 2.43. The van der Waals surface area contributed by atoms with Crippen LogP contribution in [-0.4, -0.2) is 33.6 Å². The van der Waals surface area contributed by atoms with E-state index in [2.05, 4.69) is 9.97 Å². The molecule has 0 spiro atoms. The number of aromatic nitrogens is 2. The molecule has 1 saturated heterocycles. The van der Waals surface area contributed by atoms with Crippen molar-refractivity contribution < 1.29 is 9.90 Å². The van der Waals surface area contributed by atoms with E-state index < -0.39 is 6.10 Å². The van der Waals surface area contributed by atoms with E-state index in [1.165, 1.54) is 4.90 Å². The molecule has 1 aromatic rings. The van der Waals surface area contributed by atoms with Crippen molar-refractivity contribution in [2.45, 2.75) is 19.4 Å². The first-order valence-electron chi connectivity index (χ1n) is 4.56. The number of hydrogen-bond acceptors (Lipinski definition) is 4. The van der Waals surface area contributed by atoms with Gasteiger partial charge in [-0.3, -0.25) is 9.69 Å². The summed E-state index contributed by atoms with van der Waals surface area (Å²) < 4.78 is 0. The van der Waals surface area contributed by atoms with Crippen molar-refractivity contribution in [1.82, 2.24) is 9.97 Å². The van der Waals surface area contributed by atoms with Crippen LogP contribution in [0.25, 0.3) is 0 Å². The minimum atomic E-state index is -0.619. The van der Waals surface area contributed by atoms with Gasteiger partial charge in [0.1, 0.15) is 5.82 Å². The summed E-state index contributed by atoms with van der Waals surface area (Å²) in [7, 11) is 0. The fourth-order valence-corrected chi connectivity index (χ4v) is 1.78. The van der Waals surface area contributed by atoms with Crippen LogP contribution in [0.1, 0.15) is 12.1 Å². The number of aryl methyl sites for hydroxylation is 1. The lowest BCUT2D eigenvalue weighted by molar-refractivity contribution is -0.117. The standard InChI is InChI=1S/C9H10ClN3O2/c1-5-2-7(12-9(10)11-5)13-4-6(14)3-8(13)15/h2,6,14H,3-4H2,1H3. The maximum absolute atomic E-state index is 11.5. The molecule has 1 aromatic heterocycles. The summed E-state index contributed by atoms with van der Waals surface area (Å²) in [6.07, 6.45) is -0.479. The van der Waals surface area contributed by atoms with Gasteiger partial charge < -0.3 is 5.11 Å². The Kier molecular flexibility index (Phi) is 2.58. The Labute approximate surface area is 91.7 Å². The predicted molar refractivity (Wildman–Crippen MR) is 54.8 cm³/mol. The number of carbonyl (C=O) groups is 1. The molecule has 2 heterocycles. The monoisotopic (exact) mass is 227 g/mol. The molecule has 2 rings (SSSR count). The largest absolute Gasteiger partial charge is 0.391 e. The topological polar surface area (TPSA) is 66.3 Å². The van der Waals surface area contributed by atoms with Crippen molar-refractivity contribution in [2.75, 3.05) is 11.4 Å². The van der Waals surface area contributed by atoms with E-state index >= 15 is 0 Å². The quantitative estimate of drug-likeness (QED) is 0.711. The van der Waals surface area contributed by atoms with Crippen molar-refractivity contribution >= 4 is 23.3 Å². The number of aliphatic hydroxyl groups excluding tert-OH is 1. The second-order valence-corrected chi connectivity index (χ2v) is 3.84. The average molecular weight is 228 g/mol. The van der Waals surface area contributed by atoms with E-state index in [9.17, 15) is 9.90 Å². The minimum Gasteiger partial charge on any atom is -0.391 e. The van der Waals surface area contributed by atoms with Gasteiger partial charge in [-0.25, -0.2) is 9.97 Å². The number of aliphatic hydroxyl groups is 1. The van der Waals surface area contributed by atoms with Crippen molar-refractivity contribution in [1.29, 1.82) is 0 Å². The van der Waals surface area contributed by atoms with Crippen LogP contribution in [0.5, 0.6) is 0 Å². The third kappa shape index (κ3) is 2.08. The van der Waals surface area contributed by atoms with Gasteiger partial charge >= 0.3 is 0 Å². The number of carbonyl (C=O) groups excluding carboxylic acids is 1. The Morgan fingerprint density at radius 1 is 1.60 bits per heavy atom. The summed E-state index contributed by atoms with van der Waals surface area (Å²) in [6.45, 7) is 2.04.